The van der Waals surface area contributed by atoms with E-state index < -0.39 is 0 Å². The van der Waals surface area contributed by atoms with Gasteiger partial charge in [-0.25, -0.2) is 0 Å². The van der Waals surface area contributed by atoms with Gasteiger partial charge in [0.2, 0.25) is 5.91 Å². The van der Waals surface area contributed by atoms with Crippen LogP contribution < -0.4 is 10.1 Å². The van der Waals surface area contributed by atoms with Crippen molar-refractivity contribution >= 4 is 58.2 Å². The molecule has 0 fully saturated rings. The summed E-state index contributed by atoms with van der Waals surface area (Å²) >= 11 is 19.2. The van der Waals surface area contributed by atoms with Crippen LogP contribution >= 0.6 is 46.6 Å². The molecule has 1 N–H and O–H groups in total. The van der Waals surface area contributed by atoms with Crippen LogP contribution in [0.1, 0.15) is 0 Å². The lowest BCUT2D eigenvalue weighted by Gasteiger charge is -2.09. The van der Waals surface area contributed by atoms with Gasteiger partial charge in [-0.15, -0.1) is 10.2 Å². The van der Waals surface area contributed by atoms with Gasteiger partial charge in [0.05, 0.1) is 18.4 Å². The zero-order chi connectivity index (χ0) is 20.3. The molecule has 0 unspecified atom stereocenters. The minimum Gasteiger partial charge on any atom is -0.496 e. The predicted octanol–water partition coefficient (Wildman–Crippen LogP) is 5.18. The monoisotopic (exact) mass is 456 g/mol. The summed E-state index contributed by atoms with van der Waals surface area (Å²) in [6.45, 7) is 0. The largest absolute Gasteiger partial charge is 0.496 e. The molecule has 3 rings (SSSR count). The van der Waals surface area contributed by atoms with Crippen LogP contribution in [0.15, 0.2) is 41.6 Å². The quantitative estimate of drug-likeness (QED) is 0.516. The predicted molar refractivity (Wildman–Crippen MR) is 114 cm³/mol. The summed E-state index contributed by atoms with van der Waals surface area (Å²) < 4.78 is 7.15. The molecule has 0 saturated heterocycles. The van der Waals surface area contributed by atoms with Crippen molar-refractivity contribution in [1.82, 2.24) is 14.8 Å². The number of benzene rings is 2. The Morgan fingerprint density at radius 2 is 1.82 bits per heavy atom. The molecule has 0 aliphatic heterocycles. The molecule has 0 bridgehead atoms. The number of hydrogen-bond donors (Lipinski definition) is 1. The molecule has 1 amide bonds. The van der Waals surface area contributed by atoms with Crippen molar-refractivity contribution in [3.05, 3.63) is 51.5 Å². The van der Waals surface area contributed by atoms with Crippen LogP contribution in [0, 0.1) is 0 Å². The number of methoxy groups -OCH3 is 1. The molecule has 146 valence electrons. The number of anilines is 1. The Kier molecular flexibility index (Phi) is 6.72. The van der Waals surface area contributed by atoms with Crippen molar-refractivity contribution in [3.8, 4) is 17.1 Å². The number of carbonyl (C=O) groups excluding carboxylic acids is 1. The first-order valence-electron chi connectivity index (χ1n) is 7.99. The number of amides is 1. The molecule has 10 heteroatoms. The molecule has 0 spiro atoms. The number of aromatic nitrogens is 3. The molecule has 1 aromatic heterocycles. The summed E-state index contributed by atoms with van der Waals surface area (Å²) in [4.78, 5) is 12.2. The van der Waals surface area contributed by atoms with Crippen molar-refractivity contribution < 1.29 is 9.53 Å². The maximum absolute atomic E-state index is 12.2. The topological polar surface area (TPSA) is 69.0 Å². The second-order valence-corrected chi connectivity index (χ2v) is 7.96. The van der Waals surface area contributed by atoms with Crippen LogP contribution in [-0.4, -0.2) is 33.5 Å². The lowest BCUT2D eigenvalue weighted by atomic mass is 10.2. The first-order valence-corrected chi connectivity index (χ1v) is 10.1. The van der Waals surface area contributed by atoms with Crippen molar-refractivity contribution in [2.24, 2.45) is 7.05 Å². The van der Waals surface area contributed by atoms with E-state index in [4.69, 9.17) is 39.5 Å². The second kappa shape index (κ2) is 9.05. The number of halogens is 3. The molecule has 3 aromatic rings. The van der Waals surface area contributed by atoms with Crippen molar-refractivity contribution in [1.29, 1.82) is 0 Å². The fraction of sp³-hybridized carbons (Fsp3) is 0.167. The summed E-state index contributed by atoms with van der Waals surface area (Å²) in [5, 5.41) is 13.2. The highest BCUT2D eigenvalue weighted by atomic mass is 35.5. The lowest BCUT2D eigenvalue weighted by molar-refractivity contribution is -0.113. The first-order chi connectivity index (χ1) is 13.4. The highest BCUT2D eigenvalue weighted by Gasteiger charge is 2.17. The van der Waals surface area contributed by atoms with Gasteiger partial charge in [0.25, 0.3) is 0 Å². The second-order valence-electron chi connectivity index (χ2n) is 5.70. The molecule has 2 aromatic carbocycles. The number of ether oxygens (including phenoxy) is 1. The van der Waals surface area contributed by atoms with Crippen molar-refractivity contribution in [3.63, 3.8) is 0 Å². The molecule has 1 heterocycles. The number of carbonyl (C=O) groups is 1. The van der Waals surface area contributed by atoms with Gasteiger partial charge in [0.15, 0.2) is 11.0 Å². The lowest BCUT2D eigenvalue weighted by Crippen LogP contribution is -2.14. The average Bonchev–Trinajstić information content (AvgIpc) is 2.99. The van der Waals surface area contributed by atoms with E-state index in [9.17, 15) is 4.79 Å². The van der Waals surface area contributed by atoms with Crippen LogP contribution in [0.5, 0.6) is 5.75 Å². The average molecular weight is 458 g/mol. The van der Waals surface area contributed by atoms with Gasteiger partial charge in [0, 0.05) is 27.8 Å². The van der Waals surface area contributed by atoms with Crippen LogP contribution in [0.25, 0.3) is 11.4 Å². The van der Waals surface area contributed by atoms with Crippen LogP contribution in [0.3, 0.4) is 0 Å². The Labute approximate surface area is 181 Å². The van der Waals surface area contributed by atoms with Crippen LogP contribution in [0.2, 0.25) is 15.1 Å². The molecule has 0 aliphatic carbocycles. The summed E-state index contributed by atoms with van der Waals surface area (Å²) in [5.74, 6) is 1.15. The molecule has 6 nitrogen and oxygen atoms in total. The maximum atomic E-state index is 12.2. The van der Waals surface area contributed by atoms with E-state index in [0.29, 0.717) is 37.5 Å². The van der Waals surface area contributed by atoms with E-state index in [1.807, 2.05) is 7.05 Å². The third-order valence-electron chi connectivity index (χ3n) is 3.72. The molecular weight excluding hydrogens is 443 g/mol. The number of nitrogens with one attached hydrogen (secondary N) is 1. The van der Waals surface area contributed by atoms with Gasteiger partial charge in [0.1, 0.15) is 5.75 Å². The SMILES string of the molecule is COc1ccc(Cl)cc1-c1nnc(SCC(=O)Nc2cc(Cl)cc(Cl)c2)n1C. The van der Waals surface area contributed by atoms with Gasteiger partial charge in [-0.1, -0.05) is 46.6 Å². The maximum Gasteiger partial charge on any atom is 0.234 e. The van der Waals surface area contributed by atoms with Gasteiger partial charge >= 0.3 is 0 Å². The smallest absolute Gasteiger partial charge is 0.234 e. The fourth-order valence-corrected chi connectivity index (χ4v) is 3.89. The van der Waals surface area contributed by atoms with E-state index in [0.717, 1.165) is 5.56 Å². The molecule has 0 atom stereocenters. The Morgan fingerprint density at radius 3 is 2.50 bits per heavy atom. The van der Waals surface area contributed by atoms with E-state index in [1.165, 1.54) is 11.8 Å². The molecule has 0 aliphatic rings. The van der Waals surface area contributed by atoms with Crippen LogP contribution in [-0.2, 0) is 11.8 Å². The zero-order valence-corrected chi connectivity index (χ0v) is 18.0. The molecular formula is C18H15Cl3N4O2S. The van der Waals surface area contributed by atoms with Crippen molar-refractivity contribution in [2.45, 2.75) is 5.16 Å². The molecule has 0 saturated carbocycles. The van der Waals surface area contributed by atoms with E-state index >= 15 is 0 Å². The standard InChI is InChI=1S/C18H15Cl3N4O2S/c1-25-17(14-8-10(19)3-4-15(14)27-2)23-24-18(25)28-9-16(26)22-13-6-11(20)5-12(21)7-13/h3-8H,9H2,1-2H3,(H,22,26). The zero-order valence-electron chi connectivity index (χ0n) is 14.9. The number of rotatable bonds is 6. The van der Waals surface area contributed by atoms with Crippen LogP contribution in [0.4, 0.5) is 5.69 Å². The van der Waals surface area contributed by atoms with Gasteiger partial charge in [-0.05, 0) is 36.4 Å². The summed E-state index contributed by atoms with van der Waals surface area (Å²) in [6.07, 6.45) is 0. The highest BCUT2D eigenvalue weighted by molar-refractivity contribution is 7.99. The normalized spacial score (nSPS) is 10.8. The Hall–Kier alpha value is -1.93. The summed E-state index contributed by atoms with van der Waals surface area (Å²) in [6, 6.07) is 10.1. The van der Waals surface area contributed by atoms with E-state index in [2.05, 4.69) is 15.5 Å². The fourth-order valence-electron chi connectivity index (χ4n) is 2.48. The Balaban J connectivity index is 1.71. The van der Waals surface area contributed by atoms with Gasteiger partial charge in [-0.3, -0.25) is 4.79 Å². The highest BCUT2D eigenvalue weighted by Crippen LogP contribution is 2.32. The molecule has 28 heavy (non-hydrogen) atoms. The number of nitrogens with zero attached hydrogens (tertiary/aromatic N) is 3. The molecule has 0 radical (unpaired) electrons. The Bertz CT molecular complexity index is 1010. The number of hydrogen-bond acceptors (Lipinski definition) is 5. The van der Waals surface area contributed by atoms with Crippen molar-refractivity contribution in [2.75, 3.05) is 18.2 Å². The third-order valence-corrected chi connectivity index (χ3v) is 5.41. The first kappa shape index (κ1) is 20.8. The Morgan fingerprint density at radius 1 is 1.11 bits per heavy atom. The van der Waals surface area contributed by atoms with E-state index in [-0.39, 0.29) is 11.7 Å². The van der Waals surface area contributed by atoms with Gasteiger partial charge in [-0.2, -0.15) is 0 Å². The minimum atomic E-state index is -0.215. The van der Waals surface area contributed by atoms with Gasteiger partial charge < -0.3 is 14.6 Å². The summed E-state index contributed by atoms with van der Waals surface area (Å²) in [5.41, 5.74) is 1.25. The number of thioether (sulfide) groups is 1. The third kappa shape index (κ3) is 4.91. The minimum absolute atomic E-state index is 0.142. The van der Waals surface area contributed by atoms with E-state index in [1.54, 1.807) is 48.1 Å². The summed E-state index contributed by atoms with van der Waals surface area (Å²) in [7, 11) is 3.39.